The Morgan fingerprint density at radius 1 is 0.826 bits per heavy atom. The van der Waals surface area contributed by atoms with Crippen LogP contribution in [-0.2, 0) is 0 Å². The van der Waals surface area contributed by atoms with Crippen LogP contribution < -0.4 is 0 Å². The third-order valence-corrected chi connectivity index (χ3v) is 23.6. The van der Waals surface area contributed by atoms with Crippen molar-refractivity contribution in [1.82, 2.24) is 0 Å². The van der Waals surface area contributed by atoms with Crippen molar-refractivity contribution in [3.05, 3.63) is 35.9 Å². The van der Waals surface area contributed by atoms with Gasteiger partial charge >= 0.3 is 150 Å². The van der Waals surface area contributed by atoms with Gasteiger partial charge in [0.1, 0.15) is 0 Å². The summed E-state index contributed by atoms with van der Waals surface area (Å²) in [5.41, 5.74) is 1.73. The van der Waals surface area contributed by atoms with Gasteiger partial charge in [0.2, 0.25) is 0 Å². The van der Waals surface area contributed by atoms with Crippen LogP contribution in [0, 0.1) is 5.92 Å². The van der Waals surface area contributed by atoms with Gasteiger partial charge in [-0.25, -0.2) is 0 Å². The SMILES string of the molecule is CCC[CH2][Sn]([CH2]CCC)([CH2]CCC)[CH](c1ccccc1)C1CC1. The van der Waals surface area contributed by atoms with Crippen molar-refractivity contribution in [2.45, 2.75) is 89.4 Å². The van der Waals surface area contributed by atoms with Gasteiger partial charge in [-0.15, -0.1) is 0 Å². The molecule has 0 N–H and O–H groups in total. The summed E-state index contributed by atoms with van der Waals surface area (Å²) < 4.78 is 5.99. The van der Waals surface area contributed by atoms with Crippen LogP contribution in [0.1, 0.15) is 81.6 Å². The second kappa shape index (κ2) is 10.1. The molecule has 0 nitrogen and oxygen atoms in total. The fraction of sp³-hybridized carbons (Fsp3) is 0.727. The minimum absolute atomic E-state index is 1.02. The number of hydrogen-bond donors (Lipinski definition) is 0. The van der Waals surface area contributed by atoms with Crippen LogP contribution in [0.4, 0.5) is 0 Å². The average molecular weight is 421 g/mol. The number of rotatable bonds is 12. The van der Waals surface area contributed by atoms with Crippen LogP contribution in [0.15, 0.2) is 30.3 Å². The molecule has 0 aromatic heterocycles. The van der Waals surface area contributed by atoms with Crippen molar-refractivity contribution in [2.24, 2.45) is 5.92 Å². The predicted molar refractivity (Wildman–Crippen MR) is 107 cm³/mol. The van der Waals surface area contributed by atoms with Crippen LogP contribution in [-0.4, -0.2) is 18.4 Å². The first-order valence-electron chi connectivity index (χ1n) is 10.3. The minimum atomic E-state index is -2.15. The molecule has 1 unspecified atom stereocenters. The summed E-state index contributed by atoms with van der Waals surface area (Å²) in [5.74, 6) is 1.05. The molecule has 23 heavy (non-hydrogen) atoms. The fourth-order valence-corrected chi connectivity index (χ4v) is 24.9. The van der Waals surface area contributed by atoms with E-state index in [2.05, 4.69) is 51.1 Å². The quantitative estimate of drug-likeness (QED) is 0.306. The Morgan fingerprint density at radius 3 is 1.70 bits per heavy atom. The Labute approximate surface area is 149 Å². The summed E-state index contributed by atoms with van der Waals surface area (Å²) in [6.45, 7) is 7.18. The van der Waals surface area contributed by atoms with Crippen LogP contribution in [0.3, 0.4) is 0 Å². The van der Waals surface area contributed by atoms with E-state index in [1.165, 1.54) is 51.4 Å². The van der Waals surface area contributed by atoms with Crippen molar-refractivity contribution in [3.8, 4) is 0 Å². The molecule has 1 aliphatic rings. The molecule has 1 fully saturated rings. The van der Waals surface area contributed by atoms with Gasteiger partial charge in [0.05, 0.1) is 0 Å². The van der Waals surface area contributed by atoms with E-state index < -0.39 is 18.4 Å². The second-order valence-corrected chi connectivity index (χ2v) is 21.7. The standard InChI is InChI=1S/C10H11.3C4H9.Sn/c1-2-4-9(5-3-1)8-10-6-7-10;3*1-3-4-2;/h1-5,8,10H,6-7H2;3*1,3-4H2,2H3;. The molecular formula is C22H38Sn. The maximum absolute atomic E-state index is 2.47. The number of benzene rings is 1. The summed E-state index contributed by atoms with van der Waals surface area (Å²) in [5, 5.41) is 0. The molecule has 1 aromatic rings. The zero-order valence-corrected chi connectivity index (χ0v) is 18.7. The van der Waals surface area contributed by atoms with Gasteiger partial charge in [0.15, 0.2) is 0 Å². The molecule has 0 aliphatic heterocycles. The zero-order valence-electron chi connectivity index (χ0n) is 15.8. The van der Waals surface area contributed by atoms with Crippen LogP contribution >= 0.6 is 0 Å². The third kappa shape index (κ3) is 5.51. The molecule has 1 aromatic carbocycles. The van der Waals surface area contributed by atoms with E-state index in [9.17, 15) is 0 Å². The third-order valence-electron chi connectivity index (χ3n) is 6.00. The molecule has 1 aliphatic carbocycles. The van der Waals surface area contributed by atoms with Crippen LogP contribution in [0.25, 0.3) is 0 Å². The molecule has 0 spiro atoms. The Bertz CT molecular complexity index is 399. The Balaban J connectivity index is 2.32. The summed E-state index contributed by atoms with van der Waals surface area (Å²) >= 11 is -2.15. The van der Waals surface area contributed by atoms with Gasteiger partial charge in [0.25, 0.3) is 0 Å². The Kier molecular flexibility index (Phi) is 8.50. The van der Waals surface area contributed by atoms with Gasteiger partial charge in [0, 0.05) is 0 Å². The van der Waals surface area contributed by atoms with Crippen molar-refractivity contribution in [2.75, 3.05) is 0 Å². The first-order chi connectivity index (χ1) is 11.3. The molecular weight excluding hydrogens is 383 g/mol. The van der Waals surface area contributed by atoms with Crippen molar-refractivity contribution in [3.63, 3.8) is 0 Å². The normalized spacial score (nSPS) is 16.5. The van der Waals surface area contributed by atoms with Gasteiger partial charge in [-0.2, -0.15) is 0 Å². The molecule has 0 heterocycles. The summed E-state index contributed by atoms with van der Waals surface area (Å²) in [6, 6.07) is 11.7. The molecule has 0 amide bonds. The van der Waals surface area contributed by atoms with Crippen molar-refractivity contribution < 1.29 is 0 Å². The molecule has 1 atom stereocenters. The zero-order chi connectivity index (χ0) is 16.5. The average Bonchev–Trinajstić information content (AvgIpc) is 3.41. The van der Waals surface area contributed by atoms with E-state index in [1.54, 1.807) is 18.9 Å². The second-order valence-electron chi connectivity index (χ2n) is 7.90. The van der Waals surface area contributed by atoms with E-state index in [-0.39, 0.29) is 0 Å². The van der Waals surface area contributed by atoms with Crippen LogP contribution in [0.2, 0.25) is 13.3 Å². The van der Waals surface area contributed by atoms with E-state index in [4.69, 9.17) is 0 Å². The van der Waals surface area contributed by atoms with E-state index in [0.717, 1.165) is 9.85 Å². The van der Waals surface area contributed by atoms with Gasteiger partial charge < -0.3 is 0 Å². The first kappa shape index (κ1) is 19.3. The van der Waals surface area contributed by atoms with Gasteiger partial charge in [-0.3, -0.25) is 0 Å². The summed E-state index contributed by atoms with van der Waals surface area (Å²) in [4.78, 5) is 0. The van der Waals surface area contributed by atoms with E-state index >= 15 is 0 Å². The van der Waals surface area contributed by atoms with E-state index in [1.807, 2.05) is 0 Å². The molecule has 0 saturated heterocycles. The van der Waals surface area contributed by atoms with Crippen molar-refractivity contribution in [1.29, 1.82) is 0 Å². The number of unbranched alkanes of at least 4 members (excludes halogenated alkanes) is 3. The Morgan fingerprint density at radius 2 is 1.30 bits per heavy atom. The molecule has 1 saturated carbocycles. The Hall–Kier alpha value is 0.0187. The molecule has 0 bridgehead atoms. The fourth-order valence-electron chi connectivity index (χ4n) is 4.64. The predicted octanol–water partition coefficient (Wildman–Crippen LogP) is 7.57. The van der Waals surface area contributed by atoms with Gasteiger partial charge in [-0.05, 0) is 0 Å². The van der Waals surface area contributed by atoms with Gasteiger partial charge in [-0.1, -0.05) is 0 Å². The van der Waals surface area contributed by atoms with Crippen LogP contribution in [0.5, 0.6) is 0 Å². The number of hydrogen-bond acceptors (Lipinski definition) is 0. The summed E-state index contributed by atoms with van der Waals surface area (Å²) in [7, 11) is 0. The monoisotopic (exact) mass is 422 g/mol. The maximum atomic E-state index is 2.47. The van der Waals surface area contributed by atoms with E-state index in [0.29, 0.717) is 0 Å². The first-order valence-corrected chi connectivity index (χ1v) is 18.0. The van der Waals surface area contributed by atoms with Crippen molar-refractivity contribution >= 4 is 18.4 Å². The molecule has 1 heteroatoms. The molecule has 130 valence electrons. The topological polar surface area (TPSA) is 0 Å². The summed E-state index contributed by atoms with van der Waals surface area (Å²) in [6.07, 6.45) is 11.7. The molecule has 0 radical (unpaired) electrons. The molecule has 2 rings (SSSR count).